The molecule has 1 rings (SSSR count). The van der Waals surface area contributed by atoms with E-state index in [1.165, 1.54) is 19.3 Å². The molecular formula is C20H36O4. The van der Waals surface area contributed by atoms with Gasteiger partial charge < -0.3 is 9.47 Å². The molecule has 1 saturated carbocycles. The molecule has 1 aliphatic carbocycles. The molecule has 0 aromatic carbocycles. The van der Waals surface area contributed by atoms with Crippen LogP contribution in [0.5, 0.6) is 0 Å². The SMILES string of the molecule is CCCCCCCOC(=O)C1CCCCC1C(=O)OC(CC)CC. The van der Waals surface area contributed by atoms with E-state index < -0.39 is 0 Å². The zero-order valence-electron chi connectivity index (χ0n) is 15.9. The largest absolute Gasteiger partial charge is 0.465 e. The number of hydrogen-bond acceptors (Lipinski definition) is 4. The summed E-state index contributed by atoms with van der Waals surface area (Å²) in [6.07, 6.45) is 10.7. The van der Waals surface area contributed by atoms with Crippen molar-refractivity contribution in [1.82, 2.24) is 0 Å². The lowest BCUT2D eigenvalue weighted by Crippen LogP contribution is -2.36. The number of hydrogen-bond donors (Lipinski definition) is 0. The van der Waals surface area contributed by atoms with Crippen LogP contribution in [0.2, 0.25) is 0 Å². The fourth-order valence-electron chi connectivity index (χ4n) is 3.39. The molecule has 140 valence electrons. The van der Waals surface area contributed by atoms with E-state index in [1.54, 1.807) is 0 Å². The van der Waals surface area contributed by atoms with Crippen LogP contribution in [-0.2, 0) is 19.1 Å². The van der Waals surface area contributed by atoms with Gasteiger partial charge >= 0.3 is 11.9 Å². The normalized spacial score (nSPS) is 20.8. The molecule has 0 amide bonds. The summed E-state index contributed by atoms with van der Waals surface area (Å²) < 4.78 is 11.0. The first-order valence-corrected chi connectivity index (χ1v) is 10.0. The molecule has 0 heterocycles. The lowest BCUT2D eigenvalue weighted by atomic mass is 9.79. The van der Waals surface area contributed by atoms with Crippen LogP contribution < -0.4 is 0 Å². The minimum Gasteiger partial charge on any atom is -0.465 e. The average Bonchev–Trinajstić information content (AvgIpc) is 2.62. The molecule has 24 heavy (non-hydrogen) atoms. The van der Waals surface area contributed by atoms with E-state index in [0.29, 0.717) is 6.61 Å². The Balaban J connectivity index is 2.44. The van der Waals surface area contributed by atoms with Crippen LogP contribution in [-0.4, -0.2) is 24.6 Å². The van der Waals surface area contributed by atoms with Crippen LogP contribution in [0.15, 0.2) is 0 Å². The number of ether oxygens (including phenoxy) is 2. The molecule has 0 N–H and O–H groups in total. The number of carbonyl (C=O) groups excluding carboxylic acids is 2. The van der Waals surface area contributed by atoms with Crippen LogP contribution in [0.4, 0.5) is 0 Å². The predicted octanol–water partition coefficient (Wildman–Crippen LogP) is 5.04. The Kier molecular flexibility index (Phi) is 10.8. The minimum atomic E-state index is -0.313. The second-order valence-electron chi connectivity index (χ2n) is 6.95. The van der Waals surface area contributed by atoms with E-state index in [4.69, 9.17) is 9.47 Å². The zero-order chi connectivity index (χ0) is 17.8. The second kappa shape index (κ2) is 12.3. The summed E-state index contributed by atoms with van der Waals surface area (Å²) in [6.45, 7) is 6.70. The highest BCUT2D eigenvalue weighted by molar-refractivity contribution is 5.82. The first-order chi connectivity index (χ1) is 11.6. The van der Waals surface area contributed by atoms with E-state index in [9.17, 15) is 9.59 Å². The van der Waals surface area contributed by atoms with Crippen molar-refractivity contribution in [2.45, 2.75) is 97.5 Å². The number of esters is 2. The Bertz CT molecular complexity index is 363. The lowest BCUT2D eigenvalue weighted by molar-refractivity contribution is -0.166. The number of carbonyl (C=O) groups is 2. The Morgan fingerprint density at radius 2 is 1.46 bits per heavy atom. The highest BCUT2D eigenvalue weighted by atomic mass is 16.5. The van der Waals surface area contributed by atoms with Crippen molar-refractivity contribution in [2.75, 3.05) is 6.61 Å². The fraction of sp³-hybridized carbons (Fsp3) is 0.900. The molecule has 0 aromatic heterocycles. The summed E-state index contributed by atoms with van der Waals surface area (Å²) in [5, 5.41) is 0. The molecule has 4 nitrogen and oxygen atoms in total. The van der Waals surface area contributed by atoms with Crippen LogP contribution in [0, 0.1) is 11.8 Å². The highest BCUT2D eigenvalue weighted by Crippen LogP contribution is 2.32. The zero-order valence-corrected chi connectivity index (χ0v) is 15.9. The lowest BCUT2D eigenvalue weighted by Gasteiger charge is -2.29. The molecule has 0 radical (unpaired) electrons. The Hall–Kier alpha value is -1.06. The van der Waals surface area contributed by atoms with Crippen LogP contribution in [0.3, 0.4) is 0 Å². The third-order valence-electron chi connectivity index (χ3n) is 5.06. The Morgan fingerprint density at radius 1 is 0.875 bits per heavy atom. The number of rotatable bonds is 11. The van der Waals surface area contributed by atoms with Gasteiger partial charge in [0, 0.05) is 0 Å². The summed E-state index contributed by atoms with van der Waals surface area (Å²) in [7, 11) is 0. The minimum absolute atomic E-state index is 0.0327. The molecule has 4 heteroatoms. The molecular weight excluding hydrogens is 304 g/mol. The van der Waals surface area contributed by atoms with Gasteiger partial charge in [-0.1, -0.05) is 59.3 Å². The van der Waals surface area contributed by atoms with E-state index >= 15 is 0 Å². The monoisotopic (exact) mass is 340 g/mol. The maximum Gasteiger partial charge on any atom is 0.310 e. The van der Waals surface area contributed by atoms with Crippen LogP contribution >= 0.6 is 0 Å². The van der Waals surface area contributed by atoms with E-state index in [1.807, 2.05) is 13.8 Å². The summed E-state index contributed by atoms with van der Waals surface area (Å²) >= 11 is 0. The third-order valence-corrected chi connectivity index (χ3v) is 5.06. The molecule has 0 aromatic rings. The maximum atomic E-state index is 12.5. The number of unbranched alkanes of at least 4 members (excludes halogenated alkanes) is 4. The smallest absolute Gasteiger partial charge is 0.310 e. The van der Waals surface area contributed by atoms with E-state index in [2.05, 4.69) is 6.92 Å². The van der Waals surface area contributed by atoms with Gasteiger partial charge in [0.05, 0.1) is 18.4 Å². The molecule has 0 saturated heterocycles. The summed E-state index contributed by atoms with van der Waals surface area (Å²) in [6, 6.07) is 0. The van der Waals surface area contributed by atoms with Crippen molar-refractivity contribution in [3.05, 3.63) is 0 Å². The van der Waals surface area contributed by atoms with E-state index in [0.717, 1.165) is 51.4 Å². The Morgan fingerprint density at radius 3 is 2.04 bits per heavy atom. The predicted molar refractivity (Wildman–Crippen MR) is 95.6 cm³/mol. The van der Waals surface area contributed by atoms with Gasteiger partial charge in [0.25, 0.3) is 0 Å². The van der Waals surface area contributed by atoms with Crippen molar-refractivity contribution < 1.29 is 19.1 Å². The van der Waals surface area contributed by atoms with Gasteiger partial charge in [-0.3, -0.25) is 9.59 Å². The Labute approximate surface area is 147 Å². The van der Waals surface area contributed by atoms with Crippen molar-refractivity contribution in [3.8, 4) is 0 Å². The van der Waals surface area contributed by atoms with Gasteiger partial charge in [0.2, 0.25) is 0 Å². The third kappa shape index (κ3) is 7.23. The fourth-order valence-corrected chi connectivity index (χ4v) is 3.39. The quantitative estimate of drug-likeness (QED) is 0.390. The van der Waals surface area contributed by atoms with Gasteiger partial charge in [-0.05, 0) is 32.1 Å². The molecule has 0 spiro atoms. The molecule has 2 atom stereocenters. The second-order valence-corrected chi connectivity index (χ2v) is 6.95. The summed E-state index contributed by atoms with van der Waals surface area (Å²) in [4.78, 5) is 24.9. The highest BCUT2D eigenvalue weighted by Gasteiger charge is 2.38. The van der Waals surface area contributed by atoms with Crippen molar-refractivity contribution in [3.63, 3.8) is 0 Å². The van der Waals surface area contributed by atoms with Crippen LogP contribution in [0.25, 0.3) is 0 Å². The topological polar surface area (TPSA) is 52.6 Å². The maximum absolute atomic E-state index is 12.5. The van der Waals surface area contributed by atoms with E-state index in [-0.39, 0.29) is 29.9 Å². The molecule has 0 bridgehead atoms. The molecule has 2 unspecified atom stereocenters. The molecule has 0 aliphatic heterocycles. The van der Waals surface area contributed by atoms with Crippen LogP contribution in [0.1, 0.15) is 91.4 Å². The van der Waals surface area contributed by atoms with Crippen molar-refractivity contribution in [1.29, 1.82) is 0 Å². The summed E-state index contributed by atoms with van der Waals surface area (Å²) in [5.41, 5.74) is 0. The molecule has 1 aliphatic rings. The van der Waals surface area contributed by atoms with Gasteiger partial charge in [-0.25, -0.2) is 0 Å². The van der Waals surface area contributed by atoms with Gasteiger partial charge in [0.1, 0.15) is 6.10 Å². The first kappa shape index (κ1) is 21.0. The standard InChI is InChI=1S/C20H36O4/c1-4-7-8-9-12-15-23-19(21)17-13-10-11-14-18(17)20(22)24-16(5-2)6-3/h16-18H,4-15H2,1-3H3. The first-order valence-electron chi connectivity index (χ1n) is 10.0. The van der Waals surface area contributed by atoms with Crippen molar-refractivity contribution in [2.24, 2.45) is 11.8 Å². The van der Waals surface area contributed by atoms with Gasteiger partial charge in [-0.2, -0.15) is 0 Å². The van der Waals surface area contributed by atoms with Gasteiger partial charge in [0.15, 0.2) is 0 Å². The average molecular weight is 341 g/mol. The van der Waals surface area contributed by atoms with Gasteiger partial charge in [-0.15, -0.1) is 0 Å². The van der Waals surface area contributed by atoms with Crippen molar-refractivity contribution >= 4 is 11.9 Å². The molecule has 1 fully saturated rings. The summed E-state index contributed by atoms with van der Waals surface area (Å²) in [5.74, 6) is -1.02.